The minimum Gasteiger partial charge on any atom is -0.465 e. The Balaban J connectivity index is 1.80. The summed E-state index contributed by atoms with van der Waals surface area (Å²) in [5.41, 5.74) is -0.271. The SMILES string of the molecule is CC1(C(=O)OCC2CC2)CCCNC1. The zero-order chi connectivity index (χ0) is 10.0. The normalized spacial score (nSPS) is 32.6. The predicted molar refractivity (Wildman–Crippen MR) is 53.9 cm³/mol. The van der Waals surface area contributed by atoms with Crippen molar-refractivity contribution in [3.8, 4) is 0 Å². The number of carbonyl (C=O) groups is 1. The number of hydrogen-bond donors (Lipinski definition) is 1. The molecule has 3 heteroatoms. The molecule has 1 saturated carbocycles. The van der Waals surface area contributed by atoms with Crippen LogP contribution in [0.15, 0.2) is 0 Å². The third-order valence-electron chi connectivity index (χ3n) is 3.24. The summed E-state index contributed by atoms with van der Waals surface area (Å²) in [6, 6.07) is 0. The van der Waals surface area contributed by atoms with E-state index in [2.05, 4.69) is 5.32 Å². The molecule has 0 radical (unpaired) electrons. The molecule has 0 aromatic carbocycles. The summed E-state index contributed by atoms with van der Waals surface area (Å²) in [6.45, 7) is 4.46. The maximum absolute atomic E-state index is 11.8. The number of esters is 1. The molecule has 2 fully saturated rings. The van der Waals surface area contributed by atoms with Gasteiger partial charge in [0.2, 0.25) is 0 Å². The molecule has 3 nitrogen and oxygen atoms in total. The fourth-order valence-electron chi connectivity index (χ4n) is 1.88. The van der Waals surface area contributed by atoms with Crippen molar-refractivity contribution in [3.63, 3.8) is 0 Å². The molecule has 0 amide bonds. The number of nitrogens with one attached hydrogen (secondary N) is 1. The molecule has 1 unspecified atom stereocenters. The van der Waals surface area contributed by atoms with Crippen LogP contribution in [0.5, 0.6) is 0 Å². The lowest BCUT2D eigenvalue weighted by atomic mass is 9.83. The first-order valence-corrected chi connectivity index (χ1v) is 5.59. The molecule has 0 aromatic heterocycles. The first-order valence-electron chi connectivity index (χ1n) is 5.59. The van der Waals surface area contributed by atoms with Gasteiger partial charge in [0.25, 0.3) is 0 Å². The number of ether oxygens (including phenoxy) is 1. The Hall–Kier alpha value is -0.570. The maximum Gasteiger partial charge on any atom is 0.313 e. The lowest BCUT2D eigenvalue weighted by Gasteiger charge is -2.31. The molecule has 0 bridgehead atoms. The fourth-order valence-corrected chi connectivity index (χ4v) is 1.88. The molecular formula is C11H19NO2. The van der Waals surface area contributed by atoms with Gasteiger partial charge in [-0.05, 0) is 45.1 Å². The second-order valence-electron chi connectivity index (χ2n) is 4.88. The summed E-state index contributed by atoms with van der Waals surface area (Å²) in [4.78, 5) is 11.8. The van der Waals surface area contributed by atoms with Crippen LogP contribution in [-0.2, 0) is 9.53 Å². The van der Waals surface area contributed by atoms with Crippen LogP contribution in [0.2, 0.25) is 0 Å². The fraction of sp³-hybridized carbons (Fsp3) is 0.909. The highest BCUT2D eigenvalue weighted by Crippen LogP contribution is 2.31. The highest BCUT2D eigenvalue weighted by molar-refractivity contribution is 5.76. The number of piperidine rings is 1. The monoisotopic (exact) mass is 197 g/mol. The molecule has 2 rings (SSSR count). The smallest absolute Gasteiger partial charge is 0.313 e. The van der Waals surface area contributed by atoms with Gasteiger partial charge >= 0.3 is 5.97 Å². The van der Waals surface area contributed by atoms with Gasteiger partial charge in [0, 0.05) is 6.54 Å². The molecular weight excluding hydrogens is 178 g/mol. The van der Waals surface area contributed by atoms with Gasteiger partial charge in [-0.15, -0.1) is 0 Å². The first kappa shape index (κ1) is 9.97. The maximum atomic E-state index is 11.8. The van der Waals surface area contributed by atoms with Crippen LogP contribution in [0.25, 0.3) is 0 Å². The largest absolute Gasteiger partial charge is 0.465 e. The van der Waals surface area contributed by atoms with Crippen molar-refractivity contribution in [3.05, 3.63) is 0 Å². The zero-order valence-electron chi connectivity index (χ0n) is 8.84. The molecule has 80 valence electrons. The third kappa shape index (κ3) is 2.27. The van der Waals surface area contributed by atoms with Gasteiger partial charge < -0.3 is 10.1 Å². The molecule has 1 N–H and O–H groups in total. The van der Waals surface area contributed by atoms with Crippen LogP contribution in [0, 0.1) is 11.3 Å². The minimum absolute atomic E-state index is 0.00315. The van der Waals surface area contributed by atoms with E-state index in [0.29, 0.717) is 12.5 Å². The van der Waals surface area contributed by atoms with Gasteiger partial charge in [0.15, 0.2) is 0 Å². The lowest BCUT2D eigenvalue weighted by Crippen LogP contribution is -2.44. The van der Waals surface area contributed by atoms with Gasteiger partial charge in [-0.3, -0.25) is 4.79 Å². The highest BCUT2D eigenvalue weighted by Gasteiger charge is 2.37. The Morgan fingerprint density at radius 3 is 2.93 bits per heavy atom. The molecule has 1 atom stereocenters. The number of rotatable bonds is 3. The summed E-state index contributed by atoms with van der Waals surface area (Å²) in [5, 5.41) is 3.26. The summed E-state index contributed by atoms with van der Waals surface area (Å²) in [6.07, 6.45) is 4.52. The van der Waals surface area contributed by atoms with E-state index in [0.717, 1.165) is 25.9 Å². The lowest BCUT2D eigenvalue weighted by molar-refractivity contribution is -0.156. The third-order valence-corrected chi connectivity index (χ3v) is 3.24. The quantitative estimate of drug-likeness (QED) is 0.694. The van der Waals surface area contributed by atoms with Gasteiger partial charge in [0.1, 0.15) is 0 Å². The Labute approximate surface area is 85.2 Å². The van der Waals surface area contributed by atoms with Crippen LogP contribution in [0.1, 0.15) is 32.6 Å². The Kier molecular flexibility index (Phi) is 2.77. The number of hydrogen-bond acceptors (Lipinski definition) is 3. The number of carbonyl (C=O) groups excluding carboxylic acids is 1. The van der Waals surface area contributed by atoms with Crippen LogP contribution in [-0.4, -0.2) is 25.7 Å². The van der Waals surface area contributed by atoms with E-state index in [4.69, 9.17) is 4.74 Å². The van der Waals surface area contributed by atoms with E-state index in [1.165, 1.54) is 12.8 Å². The average molecular weight is 197 g/mol. The topological polar surface area (TPSA) is 38.3 Å². The van der Waals surface area contributed by atoms with Crippen molar-refractivity contribution in [2.75, 3.05) is 19.7 Å². The Bertz CT molecular complexity index is 217. The van der Waals surface area contributed by atoms with Crippen molar-refractivity contribution in [1.82, 2.24) is 5.32 Å². The van der Waals surface area contributed by atoms with E-state index in [9.17, 15) is 4.79 Å². The molecule has 1 saturated heterocycles. The Morgan fingerprint density at radius 1 is 1.57 bits per heavy atom. The van der Waals surface area contributed by atoms with E-state index in [1.807, 2.05) is 6.92 Å². The zero-order valence-corrected chi connectivity index (χ0v) is 8.84. The second-order valence-corrected chi connectivity index (χ2v) is 4.88. The summed E-state index contributed by atoms with van der Waals surface area (Å²) >= 11 is 0. The van der Waals surface area contributed by atoms with Crippen LogP contribution < -0.4 is 5.32 Å². The van der Waals surface area contributed by atoms with Gasteiger partial charge in [0.05, 0.1) is 12.0 Å². The van der Waals surface area contributed by atoms with Gasteiger partial charge in [-0.1, -0.05) is 0 Å². The van der Waals surface area contributed by atoms with Gasteiger partial charge in [-0.2, -0.15) is 0 Å². The van der Waals surface area contributed by atoms with Crippen LogP contribution >= 0.6 is 0 Å². The molecule has 14 heavy (non-hydrogen) atoms. The Morgan fingerprint density at radius 2 is 2.36 bits per heavy atom. The van der Waals surface area contributed by atoms with Crippen molar-refractivity contribution in [2.45, 2.75) is 32.6 Å². The average Bonchev–Trinajstić information content (AvgIpc) is 2.99. The molecule has 0 spiro atoms. The van der Waals surface area contributed by atoms with Crippen molar-refractivity contribution >= 4 is 5.97 Å². The summed E-state index contributed by atoms with van der Waals surface area (Å²) < 4.78 is 5.33. The van der Waals surface area contributed by atoms with E-state index in [-0.39, 0.29) is 11.4 Å². The van der Waals surface area contributed by atoms with Gasteiger partial charge in [-0.25, -0.2) is 0 Å². The summed E-state index contributed by atoms with van der Waals surface area (Å²) in [5.74, 6) is 0.663. The van der Waals surface area contributed by atoms with Crippen molar-refractivity contribution in [2.24, 2.45) is 11.3 Å². The first-order chi connectivity index (χ1) is 6.71. The molecule has 0 aromatic rings. The van der Waals surface area contributed by atoms with E-state index < -0.39 is 0 Å². The van der Waals surface area contributed by atoms with Crippen LogP contribution in [0.4, 0.5) is 0 Å². The standard InChI is InChI=1S/C11H19NO2/c1-11(5-2-6-12-8-11)10(13)14-7-9-3-4-9/h9,12H,2-8H2,1H3. The molecule has 1 aliphatic heterocycles. The van der Waals surface area contributed by atoms with Crippen LogP contribution in [0.3, 0.4) is 0 Å². The van der Waals surface area contributed by atoms with Crippen molar-refractivity contribution in [1.29, 1.82) is 0 Å². The second kappa shape index (κ2) is 3.89. The predicted octanol–water partition coefficient (Wildman–Crippen LogP) is 1.33. The minimum atomic E-state index is -0.271. The van der Waals surface area contributed by atoms with Crippen molar-refractivity contribution < 1.29 is 9.53 Å². The highest BCUT2D eigenvalue weighted by atomic mass is 16.5. The molecule has 1 heterocycles. The summed E-state index contributed by atoms with van der Waals surface area (Å²) in [7, 11) is 0. The molecule has 2 aliphatic rings. The van der Waals surface area contributed by atoms with E-state index in [1.54, 1.807) is 0 Å². The molecule has 1 aliphatic carbocycles. The van der Waals surface area contributed by atoms with E-state index >= 15 is 0 Å².